The molecule has 0 bridgehead atoms. The Morgan fingerprint density at radius 2 is 2.21 bits per heavy atom. The molecular weight excluding hydrogens is 236 g/mol. The SMILES string of the molecule is NCc1cc2c(nc1-n1ccc(C3CC3)n1)CCC2. The first-order valence-electron chi connectivity index (χ1n) is 7.13. The average Bonchev–Trinajstić information content (AvgIpc) is 3.01. The lowest BCUT2D eigenvalue weighted by molar-refractivity contribution is 0.787. The fraction of sp³-hybridized carbons (Fsp3) is 0.467. The van der Waals surface area contributed by atoms with Crippen LogP contribution in [0.25, 0.3) is 5.82 Å². The van der Waals surface area contributed by atoms with Gasteiger partial charge in [0.1, 0.15) is 0 Å². The zero-order valence-electron chi connectivity index (χ0n) is 11.0. The van der Waals surface area contributed by atoms with Crippen LogP contribution in [-0.4, -0.2) is 14.8 Å². The Morgan fingerprint density at radius 1 is 1.32 bits per heavy atom. The first-order chi connectivity index (χ1) is 9.35. The van der Waals surface area contributed by atoms with Crippen LogP contribution in [0, 0.1) is 0 Å². The van der Waals surface area contributed by atoms with Crippen molar-refractivity contribution in [2.75, 3.05) is 0 Å². The molecule has 2 heterocycles. The van der Waals surface area contributed by atoms with Crippen molar-refractivity contribution in [1.82, 2.24) is 14.8 Å². The molecular formula is C15H18N4. The number of rotatable bonds is 3. The van der Waals surface area contributed by atoms with Crippen LogP contribution in [0.4, 0.5) is 0 Å². The molecule has 0 unspecified atom stereocenters. The maximum atomic E-state index is 5.88. The van der Waals surface area contributed by atoms with Gasteiger partial charge >= 0.3 is 0 Å². The highest BCUT2D eigenvalue weighted by Crippen LogP contribution is 2.39. The predicted molar refractivity (Wildman–Crippen MR) is 73.3 cm³/mol. The minimum absolute atomic E-state index is 0.522. The lowest BCUT2D eigenvalue weighted by Gasteiger charge is -2.10. The summed E-state index contributed by atoms with van der Waals surface area (Å²) in [5.74, 6) is 1.60. The van der Waals surface area contributed by atoms with Crippen molar-refractivity contribution in [3.63, 3.8) is 0 Å². The number of pyridine rings is 1. The Morgan fingerprint density at radius 3 is 3.00 bits per heavy atom. The smallest absolute Gasteiger partial charge is 0.158 e. The number of aromatic nitrogens is 3. The van der Waals surface area contributed by atoms with Crippen molar-refractivity contribution in [1.29, 1.82) is 0 Å². The molecule has 0 saturated heterocycles. The maximum Gasteiger partial charge on any atom is 0.158 e. The van der Waals surface area contributed by atoms with Gasteiger partial charge in [0.25, 0.3) is 0 Å². The standard InChI is InChI=1S/C15H18N4/c16-9-12-8-11-2-1-3-13(11)17-15(12)19-7-6-14(18-19)10-4-5-10/h6-8,10H,1-5,9,16H2. The maximum absolute atomic E-state index is 5.88. The summed E-state index contributed by atoms with van der Waals surface area (Å²) < 4.78 is 1.91. The molecule has 2 aliphatic rings. The van der Waals surface area contributed by atoms with E-state index < -0.39 is 0 Å². The highest BCUT2D eigenvalue weighted by atomic mass is 15.3. The van der Waals surface area contributed by atoms with Gasteiger partial charge in [0.15, 0.2) is 5.82 Å². The topological polar surface area (TPSA) is 56.7 Å². The number of nitrogens with zero attached hydrogens (tertiary/aromatic N) is 3. The molecule has 0 atom stereocenters. The third-order valence-electron chi connectivity index (χ3n) is 4.15. The number of nitrogens with two attached hydrogens (primary N) is 1. The number of aryl methyl sites for hydroxylation is 2. The second-order valence-electron chi connectivity index (χ2n) is 5.59. The molecule has 1 fully saturated rings. The summed E-state index contributed by atoms with van der Waals surface area (Å²) in [7, 11) is 0. The van der Waals surface area contributed by atoms with E-state index in [9.17, 15) is 0 Å². The van der Waals surface area contributed by atoms with Gasteiger partial charge in [-0.15, -0.1) is 0 Å². The molecule has 0 aliphatic heterocycles. The molecule has 0 aromatic carbocycles. The highest BCUT2D eigenvalue weighted by Gasteiger charge is 2.26. The molecule has 0 amide bonds. The van der Waals surface area contributed by atoms with Gasteiger partial charge in [-0.3, -0.25) is 0 Å². The highest BCUT2D eigenvalue weighted by molar-refractivity contribution is 5.41. The normalized spacial score (nSPS) is 17.7. The Balaban J connectivity index is 1.79. The van der Waals surface area contributed by atoms with Crippen molar-refractivity contribution in [2.24, 2.45) is 5.73 Å². The van der Waals surface area contributed by atoms with E-state index in [4.69, 9.17) is 10.7 Å². The summed E-state index contributed by atoms with van der Waals surface area (Å²) in [6.45, 7) is 0.522. The molecule has 2 aliphatic carbocycles. The van der Waals surface area contributed by atoms with E-state index in [1.807, 2.05) is 10.9 Å². The lowest BCUT2D eigenvalue weighted by Crippen LogP contribution is -2.10. The zero-order valence-corrected chi connectivity index (χ0v) is 11.0. The van der Waals surface area contributed by atoms with Gasteiger partial charge in [0, 0.05) is 29.9 Å². The van der Waals surface area contributed by atoms with Crippen LogP contribution in [-0.2, 0) is 19.4 Å². The van der Waals surface area contributed by atoms with Gasteiger partial charge in [-0.2, -0.15) is 5.10 Å². The van der Waals surface area contributed by atoms with Crippen LogP contribution in [0.1, 0.15) is 47.7 Å². The molecule has 2 N–H and O–H groups in total. The molecule has 4 heteroatoms. The number of hydrogen-bond acceptors (Lipinski definition) is 3. The molecule has 19 heavy (non-hydrogen) atoms. The van der Waals surface area contributed by atoms with Crippen LogP contribution in [0.2, 0.25) is 0 Å². The summed E-state index contributed by atoms with van der Waals surface area (Å²) in [4.78, 5) is 4.81. The van der Waals surface area contributed by atoms with E-state index in [2.05, 4.69) is 17.2 Å². The van der Waals surface area contributed by atoms with Crippen LogP contribution in [0.5, 0.6) is 0 Å². The summed E-state index contributed by atoms with van der Waals surface area (Å²) in [6.07, 6.45) is 8.02. The van der Waals surface area contributed by atoms with Crippen molar-refractivity contribution in [2.45, 2.75) is 44.6 Å². The van der Waals surface area contributed by atoms with Gasteiger partial charge in [-0.25, -0.2) is 9.67 Å². The Kier molecular flexibility index (Phi) is 2.45. The van der Waals surface area contributed by atoms with Crippen LogP contribution in [0.15, 0.2) is 18.3 Å². The molecule has 98 valence electrons. The quantitative estimate of drug-likeness (QED) is 0.912. The third-order valence-corrected chi connectivity index (χ3v) is 4.15. The van der Waals surface area contributed by atoms with E-state index in [1.165, 1.54) is 36.2 Å². The summed E-state index contributed by atoms with van der Waals surface area (Å²) >= 11 is 0. The van der Waals surface area contributed by atoms with Gasteiger partial charge < -0.3 is 5.73 Å². The van der Waals surface area contributed by atoms with E-state index >= 15 is 0 Å². The predicted octanol–water partition coefficient (Wildman–Crippen LogP) is 2.09. The Labute approximate surface area is 112 Å². The van der Waals surface area contributed by atoms with Crippen molar-refractivity contribution >= 4 is 0 Å². The van der Waals surface area contributed by atoms with Crippen molar-refractivity contribution < 1.29 is 0 Å². The largest absolute Gasteiger partial charge is 0.326 e. The molecule has 1 saturated carbocycles. The van der Waals surface area contributed by atoms with E-state index in [0.717, 1.165) is 24.2 Å². The molecule has 2 aromatic heterocycles. The minimum Gasteiger partial charge on any atom is -0.326 e. The number of fused-ring (bicyclic) bond motifs is 1. The second kappa shape index (κ2) is 4.17. The monoisotopic (exact) mass is 254 g/mol. The average molecular weight is 254 g/mol. The van der Waals surface area contributed by atoms with Gasteiger partial charge in [-0.05, 0) is 49.8 Å². The van der Waals surface area contributed by atoms with Crippen LogP contribution >= 0.6 is 0 Å². The molecule has 4 rings (SSSR count). The Hall–Kier alpha value is -1.68. The first-order valence-corrected chi connectivity index (χ1v) is 7.13. The third kappa shape index (κ3) is 1.87. The van der Waals surface area contributed by atoms with Gasteiger partial charge in [0.05, 0.1) is 5.69 Å². The fourth-order valence-electron chi connectivity index (χ4n) is 2.91. The van der Waals surface area contributed by atoms with E-state index in [0.29, 0.717) is 12.5 Å². The van der Waals surface area contributed by atoms with Crippen molar-refractivity contribution in [3.05, 3.63) is 40.8 Å². The van der Waals surface area contributed by atoms with Crippen LogP contribution < -0.4 is 5.73 Å². The Bertz CT molecular complexity index is 625. The van der Waals surface area contributed by atoms with Gasteiger partial charge in [-0.1, -0.05) is 0 Å². The minimum atomic E-state index is 0.522. The summed E-state index contributed by atoms with van der Waals surface area (Å²) in [6, 6.07) is 4.34. The van der Waals surface area contributed by atoms with Crippen molar-refractivity contribution in [3.8, 4) is 5.82 Å². The first kappa shape index (κ1) is 11.2. The molecule has 4 nitrogen and oxygen atoms in total. The summed E-state index contributed by atoms with van der Waals surface area (Å²) in [5, 5.41) is 4.68. The van der Waals surface area contributed by atoms with E-state index in [-0.39, 0.29) is 0 Å². The molecule has 2 aromatic rings. The van der Waals surface area contributed by atoms with Crippen LogP contribution in [0.3, 0.4) is 0 Å². The van der Waals surface area contributed by atoms with E-state index in [1.54, 1.807) is 0 Å². The summed E-state index contributed by atoms with van der Waals surface area (Å²) in [5.41, 5.74) is 10.8. The lowest BCUT2D eigenvalue weighted by atomic mass is 10.1. The van der Waals surface area contributed by atoms with Gasteiger partial charge in [0.2, 0.25) is 0 Å². The second-order valence-corrected chi connectivity index (χ2v) is 5.59. The number of hydrogen-bond donors (Lipinski definition) is 1. The zero-order chi connectivity index (χ0) is 12.8. The molecule has 0 radical (unpaired) electrons. The molecule has 0 spiro atoms. The fourth-order valence-corrected chi connectivity index (χ4v) is 2.91.